The average molecular weight is 685 g/mol. The Hall–Kier alpha value is -5.16. The van der Waals surface area contributed by atoms with E-state index in [1.165, 1.54) is 12.2 Å². The van der Waals surface area contributed by atoms with Crippen LogP contribution in [0.1, 0.15) is 11.1 Å². The van der Waals surface area contributed by atoms with Gasteiger partial charge in [-0.2, -0.15) is 20.2 Å². The highest BCUT2D eigenvalue weighted by molar-refractivity contribution is 8.46. The summed E-state index contributed by atoms with van der Waals surface area (Å²) in [6, 6.07) is 7.27. The quantitative estimate of drug-likeness (QED) is 0.156. The summed E-state index contributed by atoms with van der Waals surface area (Å²) in [5, 5.41) is 19.3. The smallest absolute Gasteiger partial charge is 0.192 e. The van der Waals surface area contributed by atoms with Crippen molar-refractivity contribution in [1.82, 2.24) is 0 Å². The Labute approximate surface area is 254 Å². The number of nitrogens with zero attached hydrogens (tertiary/aromatic N) is 4. The summed E-state index contributed by atoms with van der Waals surface area (Å²) in [6.45, 7) is 14.7. The lowest BCUT2D eigenvalue weighted by molar-refractivity contribution is 0.360. The number of halogens is 10. The van der Waals surface area contributed by atoms with Gasteiger partial charge >= 0.3 is 26.3 Å². The van der Waals surface area contributed by atoms with E-state index in [9.17, 15) is 49.4 Å². The standard InChI is InChI=1S/C30H14F10N4S2/c1-43-30(44-2)20-13-26-27(14-20)29(18-5-9-23(10-6-18)46(36,37,38,39)40)25-12-19(21(15-41)16-42)11-24(25)28(26)17-3-7-22(8-4-17)45(31,32,33,34)35/h3-11,14H,12-13H2. The second-order valence-electron chi connectivity index (χ2n) is 10.4. The van der Waals surface area contributed by atoms with E-state index in [1.54, 1.807) is 12.1 Å². The maximum Gasteiger partial charge on any atom is 0.522 e. The van der Waals surface area contributed by atoms with Crippen LogP contribution in [0.2, 0.25) is 0 Å². The van der Waals surface area contributed by atoms with Crippen LogP contribution in [0.3, 0.4) is 0 Å². The number of benzene rings is 3. The van der Waals surface area contributed by atoms with Crippen molar-refractivity contribution in [1.29, 1.82) is 10.5 Å². The predicted octanol–water partition coefficient (Wildman–Crippen LogP) is 10.4. The van der Waals surface area contributed by atoms with E-state index in [2.05, 4.69) is 9.69 Å². The molecular formula is C30H14F10N4S2. The molecule has 5 rings (SSSR count). The Bertz CT molecular complexity index is 2080. The van der Waals surface area contributed by atoms with Crippen molar-refractivity contribution in [2.24, 2.45) is 0 Å². The number of nitriles is 2. The van der Waals surface area contributed by atoms with Gasteiger partial charge in [0.2, 0.25) is 0 Å². The summed E-state index contributed by atoms with van der Waals surface area (Å²) in [6.07, 6.45) is 2.30. The molecule has 0 aliphatic heterocycles. The van der Waals surface area contributed by atoms with Crippen molar-refractivity contribution in [2.75, 3.05) is 0 Å². The minimum Gasteiger partial charge on any atom is -0.192 e. The molecule has 3 aromatic carbocycles. The number of hydrogen-bond donors (Lipinski definition) is 0. The molecule has 0 saturated heterocycles. The molecule has 0 amide bonds. The highest BCUT2D eigenvalue weighted by Crippen LogP contribution is 3.02. The fourth-order valence-corrected chi connectivity index (χ4v) is 6.77. The Balaban J connectivity index is 1.92. The molecule has 0 bridgehead atoms. The van der Waals surface area contributed by atoms with Gasteiger partial charge in [-0.25, -0.2) is 0 Å². The Kier molecular flexibility index (Phi) is 6.14. The van der Waals surface area contributed by atoms with Crippen LogP contribution in [0, 0.1) is 35.8 Å². The first-order valence-electron chi connectivity index (χ1n) is 12.5. The van der Waals surface area contributed by atoms with Crippen molar-refractivity contribution in [3.8, 4) is 34.4 Å². The van der Waals surface area contributed by atoms with Crippen LogP contribution in [-0.2, 0) is 12.8 Å². The van der Waals surface area contributed by atoms with Gasteiger partial charge in [-0.3, -0.25) is 0 Å². The summed E-state index contributed by atoms with van der Waals surface area (Å²) in [4.78, 5) is 1.99. The first kappa shape index (κ1) is 32.2. The number of rotatable bonds is 4. The minimum absolute atomic E-state index is 0.0318. The van der Waals surface area contributed by atoms with Gasteiger partial charge in [-0.1, -0.05) is 69.2 Å². The van der Waals surface area contributed by atoms with Crippen molar-refractivity contribution in [2.45, 2.75) is 22.6 Å². The van der Waals surface area contributed by atoms with E-state index in [0.717, 1.165) is 24.3 Å². The lowest BCUT2D eigenvalue weighted by atomic mass is 9.87. The third kappa shape index (κ3) is 5.69. The molecule has 0 unspecified atom stereocenters. The van der Waals surface area contributed by atoms with E-state index < -0.39 is 36.1 Å². The van der Waals surface area contributed by atoms with Crippen LogP contribution in [0.5, 0.6) is 0 Å². The molecule has 46 heavy (non-hydrogen) atoms. The predicted molar refractivity (Wildman–Crippen MR) is 154 cm³/mol. The molecule has 2 aliphatic carbocycles. The Morgan fingerprint density at radius 1 is 0.587 bits per heavy atom. The van der Waals surface area contributed by atoms with Crippen molar-refractivity contribution < 1.29 is 38.9 Å². The molecule has 0 heterocycles. The fraction of sp³-hybridized carbons (Fsp3) is 0.0667. The molecule has 0 aromatic heterocycles. The normalized spacial score (nSPS) is 16.7. The summed E-state index contributed by atoms with van der Waals surface area (Å²) in [5.41, 5.74) is 0.557. The van der Waals surface area contributed by atoms with E-state index in [4.69, 9.17) is 13.1 Å². The monoisotopic (exact) mass is 684 g/mol. The molecule has 0 atom stereocenters. The van der Waals surface area contributed by atoms with Crippen LogP contribution in [0.25, 0.3) is 44.1 Å². The van der Waals surface area contributed by atoms with Crippen molar-refractivity contribution >= 4 is 32.6 Å². The molecule has 236 valence electrons. The maximum absolute atomic E-state index is 13.5. The van der Waals surface area contributed by atoms with Crippen molar-refractivity contribution in [3.05, 3.63) is 115 Å². The lowest BCUT2D eigenvalue weighted by Gasteiger charge is -2.40. The lowest BCUT2D eigenvalue weighted by Crippen LogP contribution is -2.23. The van der Waals surface area contributed by atoms with Crippen LogP contribution in [0.4, 0.5) is 38.9 Å². The molecule has 4 nitrogen and oxygen atoms in total. The molecular weight excluding hydrogens is 670 g/mol. The van der Waals surface area contributed by atoms with Gasteiger partial charge in [-0.05, 0) is 86.2 Å². The summed E-state index contributed by atoms with van der Waals surface area (Å²) < 4.78 is 135. The molecule has 3 aromatic rings. The second kappa shape index (κ2) is 8.76. The molecule has 0 fully saturated rings. The van der Waals surface area contributed by atoms with E-state index in [0.29, 0.717) is 0 Å². The van der Waals surface area contributed by atoms with Gasteiger partial charge in [0.15, 0.2) is 0 Å². The van der Waals surface area contributed by atoms with Gasteiger partial charge in [-0.15, -0.1) is 0 Å². The van der Waals surface area contributed by atoms with Gasteiger partial charge in [0.1, 0.15) is 40.6 Å². The maximum atomic E-state index is 13.5. The summed E-state index contributed by atoms with van der Waals surface area (Å²) >= 11 is 0. The topological polar surface area (TPSA) is 56.3 Å². The van der Waals surface area contributed by atoms with Crippen LogP contribution in [-0.4, -0.2) is 0 Å². The molecule has 16 heteroatoms. The summed E-state index contributed by atoms with van der Waals surface area (Å²) in [5.74, 6) is -0.401. The number of hydrogen-bond acceptors (Lipinski definition) is 2. The zero-order chi connectivity index (χ0) is 34.2. The van der Waals surface area contributed by atoms with Gasteiger partial charge in [0.05, 0.1) is 5.57 Å². The van der Waals surface area contributed by atoms with E-state index >= 15 is 0 Å². The molecule has 0 N–H and O–H groups in total. The van der Waals surface area contributed by atoms with Gasteiger partial charge in [0.25, 0.3) is 0 Å². The zero-order valence-electron chi connectivity index (χ0n) is 22.6. The minimum atomic E-state index is -10.1. The van der Waals surface area contributed by atoms with E-state index in [-0.39, 0.29) is 97.6 Å². The third-order valence-electron chi connectivity index (χ3n) is 7.38. The first-order chi connectivity index (χ1) is 20.9. The van der Waals surface area contributed by atoms with Gasteiger partial charge in [0, 0.05) is 6.42 Å². The number of fused-ring (bicyclic) bond motifs is 2. The van der Waals surface area contributed by atoms with E-state index in [1.807, 2.05) is 0 Å². The fourth-order valence-electron chi connectivity index (χ4n) is 5.47. The van der Waals surface area contributed by atoms with Crippen LogP contribution < -0.4 is 10.4 Å². The molecule has 0 spiro atoms. The zero-order valence-corrected chi connectivity index (χ0v) is 24.2. The highest BCUT2D eigenvalue weighted by Gasteiger charge is 2.66. The average Bonchev–Trinajstić information content (AvgIpc) is 3.56. The third-order valence-corrected chi connectivity index (χ3v) is 9.71. The largest absolute Gasteiger partial charge is 0.522 e. The van der Waals surface area contributed by atoms with Crippen LogP contribution in [0.15, 0.2) is 80.9 Å². The number of allylic oxidation sites excluding steroid dienone is 3. The van der Waals surface area contributed by atoms with Gasteiger partial charge < -0.3 is 0 Å². The summed E-state index contributed by atoms with van der Waals surface area (Å²) in [7, 11) is -20.1. The first-order valence-corrected chi connectivity index (χ1v) is 16.4. The van der Waals surface area contributed by atoms with Crippen molar-refractivity contribution in [3.63, 3.8) is 0 Å². The SMILES string of the molecule is [C-]#[N+]C([N+]#[C-])=C1C=c2c(c(-c3ccc(S(F)(F)(F)(F)F)cc3)c3c(c2-c2ccc(S(F)(F)(F)(F)F)cc2)CC(=C(C#N)C#N)C=3)C1. The molecule has 0 radical (unpaired) electrons. The Morgan fingerprint density at radius 3 is 1.26 bits per heavy atom. The van der Waals surface area contributed by atoms with Crippen LogP contribution >= 0.6 is 20.4 Å². The Morgan fingerprint density at radius 2 is 0.935 bits per heavy atom. The highest BCUT2D eigenvalue weighted by atomic mass is 32.5. The molecule has 2 aliphatic rings. The second-order valence-corrected chi connectivity index (χ2v) is 15.2. The molecule has 0 saturated carbocycles.